The Labute approximate surface area is 192 Å². The molecule has 1 aliphatic carbocycles. The molecule has 1 saturated heterocycles. The molecule has 0 radical (unpaired) electrons. The van der Waals surface area contributed by atoms with E-state index in [2.05, 4.69) is 4.98 Å². The lowest BCUT2D eigenvalue weighted by molar-refractivity contribution is -0.122. The number of fused-ring (bicyclic) bond motifs is 2. The van der Waals surface area contributed by atoms with Gasteiger partial charge in [0.25, 0.3) is 0 Å². The monoisotopic (exact) mass is 476 g/mol. The number of thioether (sulfide) groups is 1. The van der Waals surface area contributed by atoms with E-state index in [0.717, 1.165) is 45.8 Å². The van der Waals surface area contributed by atoms with Crippen molar-refractivity contribution in [3.63, 3.8) is 0 Å². The molecular weight excluding hydrogens is 459 g/mol. The van der Waals surface area contributed by atoms with E-state index in [1.807, 2.05) is 24.3 Å². The van der Waals surface area contributed by atoms with Crippen LogP contribution in [0.5, 0.6) is 0 Å². The van der Waals surface area contributed by atoms with Crippen molar-refractivity contribution in [1.29, 1.82) is 0 Å². The summed E-state index contributed by atoms with van der Waals surface area (Å²) in [7, 11) is 0. The highest BCUT2D eigenvalue weighted by Crippen LogP contribution is 2.41. The van der Waals surface area contributed by atoms with Gasteiger partial charge in [-0.1, -0.05) is 47.8 Å². The summed E-state index contributed by atoms with van der Waals surface area (Å²) in [5.74, 6) is 0.296. The Kier molecular flexibility index (Phi) is 5.52. The highest BCUT2D eigenvalue weighted by atomic mass is 35.5. The van der Waals surface area contributed by atoms with Crippen molar-refractivity contribution < 1.29 is 9.59 Å². The average Bonchev–Trinajstić information content (AvgIpc) is 3.27. The second-order valence-electron chi connectivity index (χ2n) is 7.67. The summed E-state index contributed by atoms with van der Waals surface area (Å²) in [6.07, 6.45) is 3.70. The van der Waals surface area contributed by atoms with E-state index in [0.29, 0.717) is 21.5 Å². The zero-order chi connectivity index (χ0) is 20.8. The number of benzene rings is 2. The zero-order valence-corrected chi connectivity index (χ0v) is 19.1. The van der Waals surface area contributed by atoms with Crippen molar-refractivity contribution >= 4 is 74.0 Å². The molecule has 2 aromatic carbocycles. The van der Waals surface area contributed by atoms with Gasteiger partial charge >= 0.3 is 0 Å². The maximum atomic E-state index is 12.9. The Balaban J connectivity index is 1.38. The number of nitrogens with zero attached hydrogens (tertiary/aromatic N) is 2. The molecule has 0 spiro atoms. The van der Waals surface area contributed by atoms with E-state index >= 15 is 0 Å². The molecule has 2 atom stereocenters. The van der Waals surface area contributed by atoms with Crippen LogP contribution in [0.1, 0.15) is 31.2 Å². The van der Waals surface area contributed by atoms with Gasteiger partial charge in [0.2, 0.25) is 11.8 Å². The number of aromatic nitrogens is 1. The molecule has 154 valence electrons. The van der Waals surface area contributed by atoms with Gasteiger partial charge in [0.15, 0.2) is 4.34 Å². The summed E-state index contributed by atoms with van der Waals surface area (Å²) in [5, 5.41) is 1.34. The van der Waals surface area contributed by atoms with Crippen LogP contribution >= 0.6 is 46.3 Å². The Hall–Kier alpha value is -1.60. The second-order valence-corrected chi connectivity index (χ2v) is 10.8. The van der Waals surface area contributed by atoms with Gasteiger partial charge in [-0.25, -0.2) is 4.98 Å². The first-order valence-electron chi connectivity index (χ1n) is 9.86. The van der Waals surface area contributed by atoms with E-state index in [1.54, 1.807) is 35.2 Å². The minimum Gasteiger partial charge on any atom is -0.274 e. The number of hydrogen-bond donors (Lipinski definition) is 0. The Bertz CT molecular complexity index is 1140. The van der Waals surface area contributed by atoms with Crippen LogP contribution < -0.4 is 4.90 Å². The van der Waals surface area contributed by atoms with Crippen molar-refractivity contribution in [3.05, 3.63) is 52.0 Å². The molecule has 2 fully saturated rings. The SMILES string of the molecule is O=C1[C@H]2CCCC[C@@H]2C(=O)N1c1ccc2nc(SCc3cc(Cl)ccc3Cl)sc2c1. The number of thiazole rings is 1. The van der Waals surface area contributed by atoms with Crippen molar-refractivity contribution in [2.24, 2.45) is 11.8 Å². The van der Waals surface area contributed by atoms with Gasteiger partial charge in [0.1, 0.15) is 0 Å². The first-order valence-corrected chi connectivity index (χ1v) is 12.4. The lowest BCUT2D eigenvalue weighted by Crippen LogP contribution is -2.30. The molecule has 3 aromatic rings. The predicted octanol–water partition coefficient (Wildman–Crippen LogP) is 6.58. The maximum Gasteiger partial charge on any atom is 0.237 e. The van der Waals surface area contributed by atoms with Gasteiger partial charge in [-0.2, -0.15) is 0 Å². The van der Waals surface area contributed by atoms with E-state index in [1.165, 1.54) is 4.90 Å². The van der Waals surface area contributed by atoms with Gasteiger partial charge in [0.05, 0.1) is 27.7 Å². The van der Waals surface area contributed by atoms with Crippen molar-refractivity contribution in [1.82, 2.24) is 4.98 Å². The summed E-state index contributed by atoms with van der Waals surface area (Å²) < 4.78 is 1.87. The Morgan fingerprint density at radius 2 is 1.77 bits per heavy atom. The number of rotatable bonds is 4. The molecule has 2 heterocycles. The van der Waals surface area contributed by atoms with Crippen LogP contribution in [0.4, 0.5) is 5.69 Å². The van der Waals surface area contributed by atoms with E-state index in [9.17, 15) is 9.59 Å². The summed E-state index contributed by atoms with van der Waals surface area (Å²) in [4.78, 5) is 31.8. The number of amides is 2. The largest absolute Gasteiger partial charge is 0.274 e. The topological polar surface area (TPSA) is 50.3 Å². The number of halogens is 2. The number of carbonyl (C=O) groups excluding carboxylic acids is 2. The van der Waals surface area contributed by atoms with Crippen LogP contribution in [0.2, 0.25) is 10.0 Å². The molecule has 30 heavy (non-hydrogen) atoms. The third-order valence-electron chi connectivity index (χ3n) is 5.81. The quantitative estimate of drug-likeness (QED) is 0.315. The van der Waals surface area contributed by atoms with Crippen molar-refractivity contribution in [2.45, 2.75) is 35.8 Å². The summed E-state index contributed by atoms with van der Waals surface area (Å²) in [6, 6.07) is 11.1. The fourth-order valence-corrected chi connectivity index (χ4v) is 6.85. The minimum absolute atomic E-state index is 0.0428. The van der Waals surface area contributed by atoms with Crippen LogP contribution in [-0.4, -0.2) is 16.8 Å². The normalized spacial score (nSPS) is 21.5. The summed E-state index contributed by atoms with van der Waals surface area (Å²) in [6.45, 7) is 0. The minimum atomic E-state index is -0.142. The first-order chi connectivity index (χ1) is 14.5. The molecule has 1 aliphatic heterocycles. The lowest BCUT2D eigenvalue weighted by Gasteiger charge is -2.19. The third kappa shape index (κ3) is 3.64. The second kappa shape index (κ2) is 8.15. The molecule has 0 unspecified atom stereocenters. The molecule has 2 amide bonds. The van der Waals surface area contributed by atoms with Crippen LogP contribution in [0.3, 0.4) is 0 Å². The van der Waals surface area contributed by atoms with E-state index < -0.39 is 0 Å². The predicted molar refractivity (Wildman–Crippen MR) is 124 cm³/mol. The smallest absolute Gasteiger partial charge is 0.237 e. The lowest BCUT2D eigenvalue weighted by atomic mass is 9.81. The maximum absolute atomic E-state index is 12.9. The number of hydrogen-bond acceptors (Lipinski definition) is 5. The highest BCUT2D eigenvalue weighted by Gasteiger charge is 2.48. The van der Waals surface area contributed by atoms with E-state index in [4.69, 9.17) is 23.2 Å². The van der Waals surface area contributed by atoms with Gasteiger partial charge < -0.3 is 0 Å². The molecule has 0 N–H and O–H groups in total. The fourth-order valence-electron chi connectivity index (χ4n) is 4.30. The summed E-state index contributed by atoms with van der Waals surface area (Å²) >= 11 is 15.5. The zero-order valence-electron chi connectivity index (χ0n) is 15.9. The molecule has 0 bridgehead atoms. The molecular formula is C22H18Cl2N2O2S2. The molecule has 5 rings (SSSR count). The van der Waals surface area contributed by atoms with Crippen molar-refractivity contribution in [2.75, 3.05) is 4.90 Å². The van der Waals surface area contributed by atoms with Gasteiger partial charge in [0, 0.05) is 15.8 Å². The molecule has 1 saturated carbocycles. The standard InChI is InChI=1S/C22H18Cl2N2O2S2/c23-13-5-7-17(24)12(9-13)11-29-22-25-18-8-6-14(10-19(18)30-22)26-20(27)15-3-1-2-4-16(15)21(26)28/h5-10,15-16H,1-4,11H2/t15-,16-/m0/s1. The van der Waals surface area contributed by atoms with Crippen molar-refractivity contribution in [3.8, 4) is 0 Å². The first kappa shape index (κ1) is 20.3. The fraction of sp³-hybridized carbons (Fsp3) is 0.318. The Morgan fingerprint density at radius 3 is 2.50 bits per heavy atom. The molecule has 4 nitrogen and oxygen atoms in total. The van der Waals surface area contributed by atoms with Crippen LogP contribution in [0, 0.1) is 11.8 Å². The molecule has 1 aromatic heterocycles. The number of anilines is 1. The van der Waals surface area contributed by atoms with Crippen LogP contribution in [-0.2, 0) is 15.3 Å². The van der Waals surface area contributed by atoms with Gasteiger partial charge in [-0.3, -0.25) is 14.5 Å². The van der Waals surface area contributed by atoms with Crippen LogP contribution in [0.25, 0.3) is 10.2 Å². The van der Waals surface area contributed by atoms with E-state index in [-0.39, 0.29) is 23.7 Å². The molecule has 2 aliphatic rings. The highest BCUT2D eigenvalue weighted by molar-refractivity contribution is 8.00. The van der Waals surface area contributed by atoms with Gasteiger partial charge in [-0.15, -0.1) is 11.3 Å². The summed E-state index contributed by atoms with van der Waals surface area (Å²) in [5.41, 5.74) is 2.48. The third-order valence-corrected chi connectivity index (χ3v) is 8.62. The molecule has 8 heteroatoms. The number of carbonyl (C=O) groups is 2. The van der Waals surface area contributed by atoms with Gasteiger partial charge in [-0.05, 0) is 54.8 Å². The van der Waals surface area contributed by atoms with Crippen LogP contribution in [0.15, 0.2) is 40.7 Å². The number of imide groups is 1. The Morgan fingerprint density at radius 1 is 1.03 bits per heavy atom. The average molecular weight is 477 g/mol.